The average Bonchev–Trinajstić information content (AvgIpc) is 2.51. The van der Waals surface area contributed by atoms with Crippen LogP contribution in [0, 0.1) is 0 Å². The topological polar surface area (TPSA) is 23.3 Å². The third-order valence-corrected chi connectivity index (χ3v) is 2.09. The Kier molecular flexibility index (Phi) is 2.00. The molecule has 1 aromatic carbocycles. The molecule has 0 atom stereocenters. The lowest BCUT2D eigenvalue weighted by atomic mass is 10.1. The van der Waals surface area contributed by atoms with Gasteiger partial charge in [-0.25, -0.2) is 0 Å². The fourth-order valence-corrected chi connectivity index (χ4v) is 1.52. The number of nitrogens with zero attached hydrogens (tertiary/aromatic N) is 1. The van der Waals surface area contributed by atoms with Gasteiger partial charge in [0.05, 0.1) is 6.61 Å². The van der Waals surface area contributed by atoms with Crippen LogP contribution in [0.3, 0.4) is 0 Å². The Balaban J connectivity index is 2.26. The smallest absolute Gasteiger partial charge is 0.122 e. The molecule has 64 valence electrons. The molecule has 2 nitrogen and oxygen atoms in total. The zero-order valence-corrected chi connectivity index (χ0v) is 7.21. The third-order valence-electron chi connectivity index (χ3n) is 2.09. The third kappa shape index (κ3) is 1.30. The summed E-state index contributed by atoms with van der Waals surface area (Å²) in [6, 6.07) is 6.31. The number of ether oxygens (including phenoxy) is 1. The van der Waals surface area contributed by atoms with Gasteiger partial charge in [0.25, 0.3) is 0 Å². The Labute approximate surface area is 72.5 Å². The van der Waals surface area contributed by atoms with Crippen molar-refractivity contribution in [3.63, 3.8) is 0 Å². The number of benzene rings is 1. The summed E-state index contributed by atoms with van der Waals surface area (Å²) in [6.45, 7) is 1.65. The van der Waals surface area contributed by atoms with E-state index in [2.05, 4.69) is 17.4 Å². The minimum absolute atomic E-state index is 0.813. The van der Waals surface area contributed by atoms with E-state index in [-0.39, 0.29) is 0 Å². The van der Waals surface area contributed by atoms with Crippen LogP contribution in [0.1, 0.15) is 11.1 Å². The molecule has 12 heavy (non-hydrogen) atoms. The van der Waals surface area contributed by atoms with Crippen LogP contribution in [-0.4, -0.2) is 13.7 Å². The Morgan fingerprint density at radius 3 is 3.25 bits per heavy atom. The Morgan fingerprint density at radius 1 is 1.50 bits per heavy atom. The van der Waals surface area contributed by atoms with Crippen molar-refractivity contribution in [2.45, 2.75) is 13.0 Å². The normalized spacial score (nSPS) is 14.1. The molecule has 2 heteroatoms. The van der Waals surface area contributed by atoms with Crippen LogP contribution >= 0.6 is 0 Å². The molecule has 0 fully saturated rings. The molecule has 0 bridgehead atoms. The van der Waals surface area contributed by atoms with Gasteiger partial charge in [-0.3, -0.25) is 0 Å². The van der Waals surface area contributed by atoms with E-state index in [0.29, 0.717) is 0 Å². The monoisotopic (exact) mass is 162 g/mol. The molecule has 2 rings (SSSR count). The van der Waals surface area contributed by atoms with Gasteiger partial charge in [-0.05, 0) is 11.6 Å². The van der Waals surface area contributed by atoms with Gasteiger partial charge >= 0.3 is 0 Å². The van der Waals surface area contributed by atoms with E-state index in [1.165, 1.54) is 11.1 Å². The average molecular weight is 162 g/mol. The molecule has 0 spiro atoms. The summed E-state index contributed by atoms with van der Waals surface area (Å²) in [5.74, 6) is 1.05. The lowest BCUT2D eigenvalue weighted by molar-refractivity contribution is 0.357. The summed E-state index contributed by atoms with van der Waals surface area (Å²) < 4.78 is 5.40. The Morgan fingerprint density at radius 2 is 2.42 bits per heavy atom. The zero-order valence-electron chi connectivity index (χ0n) is 7.21. The predicted octanol–water partition coefficient (Wildman–Crippen LogP) is 2.12. The molecule has 1 aliphatic rings. The highest BCUT2D eigenvalue weighted by molar-refractivity contribution is 5.40. The maximum atomic E-state index is 5.40. The highest BCUT2D eigenvalue weighted by Crippen LogP contribution is 2.26. The van der Waals surface area contributed by atoms with E-state index < -0.39 is 0 Å². The molecule has 0 aliphatic carbocycles. The first-order valence-corrected chi connectivity index (χ1v) is 4.20. The SMILES string of the molecule is C[N-]Cc1ccc2c(c1)CCO2. The first-order valence-electron chi connectivity index (χ1n) is 4.20. The largest absolute Gasteiger partial charge is 0.661 e. The van der Waals surface area contributed by atoms with Gasteiger partial charge < -0.3 is 10.1 Å². The summed E-state index contributed by atoms with van der Waals surface area (Å²) in [6.07, 6.45) is 1.05. The molecule has 1 heterocycles. The molecule has 0 aromatic heterocycles. The van der Waals surface area contributed by atoms with E-state index in [9.17, 15) is 0 Å². The van der Waals surface area contributed by atoms with Crippen molar-refractivity contribution in [3.05, 3.63) is 34.6 Å². The van der Waals surface area contributed by atoms with Gasteiger partial charge in [0, 0.05) is 6.42 Å². The molecule has 1 aromatic rings. The van der Waals surface area contributed by atoms with Crippen molar-refractivity contribution < 1.29 is 4.74 Å². The lowest BCUT2D eigenvalue weighted by Crippen LogP contribution is -1.85. The van der Waals surface area contributed by atoms with E-state index in [1.54, 1.807) is 0 Å². The van der Waals surface area contributed by atoms with Crippen molar-refractivity contribution >= 4 is 0 Å². The van der Waals surface area contributed by atoms with E-state index in [0.717, 1.165) is 25.3 Å². The molecule has 1 aliphatic heterocycles. The van der Waals surface area contributed by atoms with E-state index in [4.69, 9.17) is 4.74 Å². The quantitative estimate of drug-likeness (QED) is 0.653. The minimum Gasteiger partial charge on any atom is -0.661 e. The maximum absolute atomic E-state index is 5.40. The van der Waals surface area contributed by atoms with Gasteiger partial charge in [-0.2, -0.15) is 7.05 Å². The number of hydrogen-bond acceptors (Lipinski definition) is 1. The minimum atomic E-state index is 0.813. The fraction of sp³-hybridized carbons (Fsp3) is 0.400. The molecule has 0 amide bonds. The number of hydrogen-bond donors (Lipinski definition) is 0. The highest BCUT2D eigenvalue weighted by atomic mass is 16.5. The molecular weight excluding hydrogens is 150 g/mol. The van der Waals surface area contributed by atoms with Crippen LogP contribution < -0.4 is 4.74 Å². The second kappa shape index (κ2) is 3.15. The van der Waals surface area contributed by atoms with Crippen LogP contribution in [0.15, 0.2) is 18.2 Å². The van der Waals surface area contributed by atoms with Gasteiger partial charge in [0.15, 0.2) is 0 Å². The summed E-state index contributed by atoms with van der Waals surface area (Å²) in [4.78, 5) is 0. The van der Waals surface area contributed by atoms with Crippen LogP contribution in [-0.2, 0) is 13.0 Å². The van der Waals surface area contributed by atoms with Crippen molar-refractivity contribution in [2.24, 2.45) is 0 Å². The molecule has 0 radical (unpaired) electrons. The molecule has 0 N–H and O–H groups in total. The number of fused-ring (bicyclic) bond motifs is 1. The van der Waals surface area contributed by atoms with Crippen molar-refractivity contribution in [2.75, 3.05) is 13.7 Å². The fourth-order valence-electron chi connectivity index (χ4n) is 1.52. The van der Waals surface area contributed by atoms with Crippen molar-refractivity contribution in [1.29, 1.82) is 0 Å². The molecule has 0 saturated carbocycles. The van der Waals surface area contributed by atoms with E-state index in [1.807, 2.05) is 13.1 Å². The molecular formula is C10H12NO-. The van der Waals surface area contributed by atoms with E-state index >= 15 is 0 Å². The van der Waals surface area contributed by atoms with Crippen molar-refractivity contribution in [1.82, 2.24) is 0 Å². The predicted molar refractivity (Wildman–Crippen MR) is 48.6 cm³/mol. The van der Waals surface area contributed by atoms with Gasteiger partial charge in [0.2, 0.25) is 0 Å². The Bertz CT molecular complexity index is 283. The first kappa shape index (κ1) is 7.62. The summed E-state index contributed by atoms with van der Waals surface area (Å²) >= 11 is 0. The van der Waals surface area contributed by atoms with Crippen LogP contribution in [0.25, 0.3) is 5.32 Å². The summed E-state index contributed by atoms with van der Waals surface area (Å²) in [7, 11) is 1.84. The zero-order chi connectivity index (χ0) is 8.39. The lowest BCUT2D eigenvalue weighted by Gasteiger charge is -2.11. The van der Waals surface area contributed by atoms with Crippen LogP contribution in [0.4, 0.5) is 0 Å². The van der Waals surface area contributed by atoms with Gasteiger partial charge in [-0.15, -0.1) is 6.54 Å². The van der Waals surface area contributed by atoms with Crippen LogP contribution in [0.5, 0.6) is 5.75 Å². The van der Waals surface area contributed by atoms with Crippen LogP contribution in [0.2, 0.25) is 0 Å². The standard InChI is InChI=1S/C10H12NO/c1-11-7-8-2-3-10-9(6-8)4-5-12-10/h2-3,6H,4-5,7H2,1H3/q-1. The molecule has 0 saturated heterocycles. The second-order valence-electron chi connectivity index (χ2n) is 3.01. The number of rotatable bonds is 2. The molecule has 0 unspecified atom stereocenters. The van der Waals surface area contributed by atoms with Gasteiger partial charge in [0.1, 0.15) is 5.75 Å². The Hall–Kier alpha value is -1.02. The van der Waals surface area contributed by atoms with Crippen molar-refractivity contribution in [3.8, 4) is 5.75 Å². The highest BCUT2D eigenvalue weighted by Gasteiger charge is 2.10. The first-order chi connectivity index (χ1) is 5.90. The summed E-state index contributed by atoms with van der Waals surface area (Å²) in [5.41, 5.74) is 2.61. The second-order valence-corrected chi connectivity index (χ2v) is 3.01. The summed E-state index contributed by atoms with van der Waals surface area (Å²) in [5, 5.41) is 4.09. The van der Waals surface area contributed by atoms with Gasteiger partial charge in [-0.1, -0.05) is 17.7 Å². The maximum Gasteiger partial charge on any atom is 0.122 e.